The Balaban J connectivity index is 2.29. The van der Waals surface area contributed by atoms with Crippen molar-refractivity contribution < 1.29 is 8.42 Å². The minimum atomic E-state index is -3.12. The molecule has 0 saturated carbocycles. The lowest BCUT2D eigenvalue weighted by Gasteiger charge is -2.23. The Morgan fingerprint density at radius 2 is 2.24 bits per heavy atom. The number of rotatable bonds is 7. The zero-order chi connectivity index (χ0) is 12.7. The molecule has 6 heteroatoms. The van der Waals surface area contributed by atoms with E-state index in [0.717, 1.165) is 31.6 Å². The summed E-state index contributed by atoms with van der Waals surface area (Å²) in [6.07, 6.45) is 5.31. The van der Waals surface area contributed by atoms with Gasteiger partial charge in [-0.25, -0.2) is 13.1 Å². The molecule has 0 aromatic heterocycles. The van der Waals surface area contributed by atoms with Gasteiger partial charge in [-0.15, -0.1) is 0 Å². The lowest BCUT2D eigenvalue weighted by atomic mass is 10.1. The predicted octanol–water partition coefficient (Wildman–Crippen LogP) is 1.05. The van der Waals surface area contributed by atoms with Crippen molar-refractivity contribution in [2.24, 2.45) is 5.92 Å². The van der Waals surface area contributed by atoms with Crippen LogP contribution in [-0.2, 0) is 10.0 Å². The van der Waals surface area contributed by atoms with E-state index in [-0.39, 0.29) is 11.8 Å². The first-order valence-corrected chi connectivity index (χ1v) is 9.28. The van der Waals surface area contributed by atoms with Crippen LogP contribution in [0.3, 0.4) is 0 Å². The average molecular weight is 280 g/mol. The summed E-state index contributed by atoms with van der Waals surface area (Å²) in [4.78, 5) is 0. The van der Waals surface area contributed by atoms with Crippen LogP contribution in [0.1, 0.15) is 26.2 Å². The zero-order valence-electron chi connectivity index (χ0n) is 10.7. The maximum Gasteiger partial charge on any atom is 0.213 e. The highest BCUT2D eigenvalue weighted by Gasteiger charge is 2.20. The van der Waals surface area contributed by atoms with Gasteiger partial charge in [-0.2, -0.15) is 11.8 Å². The second kappa shape index (κ2) is 7.61. The summed E-state index contributed by atoms with van der Waals surface area (Å²) < 4.78 is 26.4. The summed E-state index contributed by atoms with van der Waals surface area (Å²) in [5.74, 6) is 1.60. The fourth-order valence-electron chi connectivity index (χ4n) is 2.00. The summed E-state index contributed by atoms with van der Waals surface area (Å²) in [5, 5.41) is 3.26. The lowest BCUT2D eigenvalue weighted by Crippen LogP contribution is -2.43. The quantitative estimate of drug-likeness (QED) is 0.732. The normalized spacial score (nSPS) is 23.5. The first kappa shape index (κ1) is 15.3. The molecule has 102 valence electrons. The Hall–Kier alpha value is 0.220. The van der Waals surface area contributed by atoms with Crippen LogP contribution in [0.2, 0.25) is 0 Å². The highest BCUT2D eigenvalue weighted by atomic mass is 32.2. The maximum atomic E-state index is 11.8. The van der Waals surface area contributed by atoms with E-state index < -0.39 is 10.0 Å². The molecule has 1 rings (SSSR count). The number of nitrogens with one attached hydrogen (secondary N) is 2. The zero-order valence-corrected chi connectivity index (χ0v) is 12.4. The van der Waals surface area contributed by atoms with Crippen LogP contribution in [0.4, 0.5) is 0 Å². The molecule has 2 atom stereocenters. The molecule has 0 amide bonds. The molecule has 0 radical (unpaired) electrons. The minimum absolute atomic E-state index is 0.136. The second-order valence-electron chi connectivity index (χ2n) is 4.84. The van der Waals surface area contributed by atoms with Gasteiger partial charge in [0.25, 0.3) is 0 Å². The summed E-state index contributed by atoms with van der Waals surface area (Å²) in [7, 11) is -3.12. The Morgan fingerprint density at radius 1 is 1.47 bits per heavy atom. The van der Waals surface area contributed by atoms with Gasteiger partial charge >= 0.3 is 0 Å². The van der Waals surface area contributed by atoms with Gasteiger partial charge in [0.2, 0.25) is 10.0 Å². The van der Waals surface area contributed by atoms with Crippen molar-refractivity contribution in [2.45, 2.75) is 32.2 Å². The third-order valence-corrected chi connectivity index (χ3v) is 5.29. The van der Waals surface area contributed by atoms with E-state index in [2.05, 4.69) is 17.0 Å². The fourth-order valence-corrected chi connectivity index (χ4v) is 4.16. The number of hydrogen-bond acceptors (Lipinski definition) is 4. The van der Waals surface area contributed by atoms with Gasteiger partial charge in [-0.05, 0) is 37.3 Å². The lowest BCUT2D eigenvalue weighted by molar-refractivity contribution is 0.422. The molecule has 1 aliphatic rings. The molecule has 2 unspecified atom stereocenters. The van der Waals surface area contributed by atoms with Crippen LogP contribution in [0.15, 0.2) is 0 Å². The first-order valence-electron chi connectivity index (χ1n) is 6.23. The Kier molecular flexibility index (Phi) is 6.84. The second-order valence-corrected chi connectivity index (χ2v) is 7.60. The average Bonchev–Trinajstić information content (AvgIpc) is 2.28. The molecule has 17 heavy (non-hydrogen) atoms. The summed E-state index contributed by atoms with van der Waals surface area (Å²) >= 11 is 1.75. The third kappa shape index (κ3) is 6.64. The molecular formula is C11H24N2O2S2. The molecule has 0 bridgehead atoms. The van der Waals surface area contributed by atoms with E-state index >= 15 is 0 Å². The molecule has 0 aromatic rings. The van der Waals surface area contributed by atoms with Gasteiger partial charge in [0.05, 0.1) is 5.75 Å². The van der Waals surface area contributed by atoms with Crippen LogP contribution in [0, 0.1) is 5.92 Å². The molecule has 0 aliphatic carbocycles. The minimum Gasteiger partial charge on any atom is -0.313 e. The predicted molar refractivity (Wildman–Crippen MR) is 75.0 cm³/mol. The number of sulfonamides is 1. The van der Waals surface area contributed by atoms with Crippen LogP contribution < -0.4 is 10.0 Å². The Labute approximate surface area is 109 Å². The van der Waals surface area contributed by atoms with Gasteiger partial charge in [0, 0.05) is 12.6 Å². The van der Waals surface area contributed by atoms with Crippen molar-refractivity contribution >= 4 is 21.8 Å². The van der Waals surface area contributed by atoms with Gasteiger partial charge in [-0.3, -0.25) is 0 Å². The van der Waals surface area contributed by atoms with Crippen molar-refractivity contribution in [1.82, 2.24) is 10.0 Å². The first-order chi connectivity index (χ1) is 8.03. The van der Waals surface area contributed by atoms with Crippen LogP contribution in [0.5, 0.6) is 0 Å². The van der Waals surface area contributed by atoms with Crippen LogP contribution in [0.25, 0.3) is 0 Å². The van der Waals surface area contributed by atoms with E-state index in [1.807, 2.05) is 6.26 Å². The van der Waals surface area contributed by atoms with Crippen molar-refractivity contribution in [3.05, 3.63) is 0 Å². The van der Waals surface area contributed by atoms with Gasteiger partial charge in [0.15, 0.2) is 0 Å². The van der Waals surface area contributed by atoms with Gasteiger partial charge < -0.3 is 5.32 Å². The fraction of sp³-hybridized carbons (Fsp3) is 1.00. The molecule has 0 aromatic carbocycles. The summed E-state index contributed by atoms with van der Waals surface area (Å²) in [5.41, 5.74) is 0. The van der Waals surface area contributed by atoms with E-state index in [4.69, 9.17) is 0 Å². The van der Waals surface area contributed by atoms with E-state index in [0.29, 0.717) is 12.5 Å². The SMILES string of the molecule is CSCC(C)CNS(=O)(=O)CC1CCCCN1. The number of thioether (sulfide) groups is 1. The largest absolute Gasteiger partial charge is 0.313 e. The van der Waals surface area contributed by atoms with E-state index in [1.54, 1.807) is 11.8 Å². The third-order valence-electron chi connectivity index (χ3n) is 2.94. The van der Waals surface area contributed by atoms with Crippen molar-refractivity contribution in [3.63, 3.8) is 0 Å². The molecular weight excluding hydrogens is 256 g/mol. The monoisotopic (exact) mass is 280 g/mol. The van der Waals surface area contributed by atoms with Crippen LogP contribution >= 0.6 is 11.8 Å². The number of piperidine rings is 1. The van der Waals surface area contributed by atoms with E-state index in [9.17, 15) is 8.42 Å². The molecule has 4 nitrogen and oxygen atoms in total. The highest BCUT2D eigenvalue weighted by Crippen LogP contribution is 2.09. The molecule has 1 saturated heterocycles. The summed E-state index contributed by atoms with van der Waals surface area (Å²) in [6, 6.07) is 0.136. The topological polar surface area (TPSA) is 58.2 Å². The van der Waals surface area contributed by atoms with Gasteiger partial charge in [-0.1, -0.05) is 13.3 Å². The van der Waals surface area contributed by atoms with Crippen molar-refractivity contribution in [3.8, 4) is 0 Å². The standard InChI is InChI=1S/C11H24N2O2S2/c1-10(8-16-2)7-13-17(14,15)9-11-5-3-4-6-12-11/h10-13H,3-9H2,1-2H3. The highest BCUT2D eigenvalue weighted by molar-refractivity contribution is 7.98. The smallest absolute Gasteiger partial charge is 0.213 e. The van der Waals surface area contributed by atoms with Crippen LogP contribution in [-0.4, -0.2) is 45.3 Å². The molecule has 1 aliphatic heterocycles. The Morgan fingerprint density at radius 3 is 2.82 bits per heavy atom. The molecule has 1 fully saturated rings. The summed E-state index contributed by atoms with van der Waals surface area (Å²) in [6.45, 7) is 3.57. The molecule has 2 N–H and O–H groups in total. The maximum absolute atomic E-state index is 11.8. The Bertz CT molecular complexity index is 301. The van der Waals surface area contributed by atoms with E-state index in [1.165, 1.54) is 0 Å². The molecule has 0 spiro atoms. The van der Waals surface area contributed by atoms with Crippen molar-refractivity contribution in [2.75, 3.05) is 30.9 Å². The number of hydrogen-bond donors (Lipinski definition) is 2. The van der Waals surface area contributed by atoms with Crippen molar-refractivity contribution in [1.29, 1.82) is 0 Å². The molecule has 1 heterocycles. The van der Waals surface area contributed by atoms with Gasteiger partial charge in [0.1, 0.15) is 0 Å².